The van der Waals surface area contributed by atoms with Crippen LogP contribution in [0.2, 0.25) is 0 Å². The van der Waals surface area contributed by atoms with Gasteiger partial charge < -0.3 is 10.8 Å². The van der Waals surface area contributed by atoms with Crippen molar-refractivity contribution in [3.63, 3.8) is 0 Å². The zero-order chi connectivity index (χ0) is 10.8. The SMILES string of the molecule is Cc1nn(CCCN)c2cccc(O)c12. The van der Waals surface area contributed by atoms with Crippen LogP contribution in [0.1, 0.15) is 12.1 Å². The molecule has 1 heterocycles. The fourth-order valence-corrected chi connectivity index (χ4v) is 1.81. The van der Waals surface area contributed by atoms with E-state index in [-0.39, 0.29) is 0 Å². The van der Waals surface area contributed by atoms with Crippen molar-refractivity contribution in [2.75, 3.05) is 6.54 Å². The number of benzene rings is 1. The Morgan fingerprint density at radius 3 is 3.00 bits per heavy atom. The lowest BCUT2D eigenvalue weighted by atomic mass is 10.2. The van der Waals surface area contributed by atoms with Crippen molar-refractivity contribution in [1.29, 1.82) is 0 Å². The highest BCUT2D eigenvalue weighted by Crippen LogP contribution is 2.27. The Balaban J connectivity index is 2.53. The first kappa shape index (κ1) is 9.98. The average Bonchev–Trinajstić information content (AvgIpc) is 2.54. The summed E-state index contributed by atoms with van der Waals surface area (Å²) >= 11 is 0. The minimum Gasteiger partial charge on any atom is -0.507 e. The number of phenols is 1. The minimum absolute atomic E-state index is 0.295. The van der Waals surface area contributed by atoms with Crippen LogP contribution >= 0.6 is 0 Å². The topological polar surface area (TPSA) is 64.1 Å². The molecule has 0 saturated heterocycles. The summed E-state index contributed by atoms with van der Waals surface area (Å²) < 4.78 is 1.90. The first-order chi connectivity index (χ1) is 7.24. The van der Waals surface area contributed by atoms with Crippen LogP contribution in [0.5, 0.6) is 5.75 Å². The van der Waals surface area contributed by atoms with E-state index in [9.17, 15) is 5.11 Å². The molecule has 0 radical (unpaired) electrons. The fourth-order valence-electron chi connectivity index (χ4n) is 1.81. The van der Waals surface area contributed by atoms with Gasteiger partial charge in [0.15, 0.2) is 0 Å². The summed E-state index contributed by atoms with van der Waals surface area (Å²) in [6, 6.07) is 5.48. The van der Waals surface area contributed by atoms with E-state index in [4.69, 9.17) is 5.73 Å². The van der Waals surface area contributed by atoms with Crippen LogP contribution in [0.4, 0.5) is 0 Å². The van der Waals surface area contributed by atoms with Gasteiger partial charge >= 0.3 is 0 Å². The number of aryl methyl sites for hydroxylation is 2. The van der Waals surface area contributed by atoms with E-state index < -0.39 is 0 Å². The maximum atomic E-state index is 9.71. The smallest absolute Gasteiger partial charge is 0.126 e. The van der Waals surface area contributed by atoms with Crippen molar-refractivity contribution in [3.05, 3.63) is 23.9 Å². The van der Waals surface area contributed by atoms with Crippen molar-refractivity contribution in [3.8, 4) is 5.75 Å². The fraction of sp³-hybridized carbons (Fsp3) is 0.364. The summed E-state index contributed by atoms with van der Waals surface area (Å²) in [6.45, 7) is 3.35. The monoisotopic (exact) mass is 205 g/mol. The van der Waals surface area contributed by atoms with Gasteiger partial charge in [-0.05, 0) is 32.0 Å². The van der Waals surface area contributed by atoms with E-state index in [0.29, 0.717) is 12.3 Å². The van der Waals surface area contributed by atoms with Gasteiger partial charge in [-0.3, -0.25) is 4.68 Å². The summed E-state index contributed by atoms with van der Waals surface area (Å²) in [5, 5.41) is 14.9. The Kier molecular flexibility index (Phi) is 2.60. The molecule has 0 fully saturated rings. The number of aromatic nitrogens is 2. The van der Waals surface area contributed by atoms with Gasteiger partial charge in [-0.1, -0.05) is 6.07 Å². The molecule has 1 aromatic heterocycles. The maximum Gasteiger partial charge on any atom is 0.126 e. The van der Waals surface area contributed by atoms with Crippen molar-refractivity contribution in [2.24, 2.45) is 5.73 Å². The summed E-state index contributed by atoms with van der Waals surface area (Å²) in [7, 11) is 0. The predicted molar refractivity (Wildman–Crippen MR) is 59.8 cm³/mol. The van der Waals surface area contributed by atoms with Gasteiger partial charge in [-0.15, -0.1) is 0 Å². The molecule has 15 heavy (non-hydrogen) atoms. The van der Waals surface area contributed by atoms with Crippen molar-refractivity contribution >= 4 is 10.9 Å². The molecule has 2 aromatic rings. The lowest BCUT2D eigenvalue weighted by Gasteiger charge is -2.01. The van der Waals surface area contributed by atoms with Gasteiger partial charge in [0, 0.05) is 6.54 Å². The Morgan fingerprint density at radius 1 is 1.47 bits per heavy atom. The third kappa shape index (κ3) is 1.68. The molecule has 0 atom stereocenters. The lowest BCUT2D eigenvalue weighted by molar-refractivity contribution is 0.481. The summed E-state index contributed by atoms with van der Waals surface area (Å²) in [5.74, 6) is 0.295. The second-order valence-corrected chi connectivity index (χ2v) is 3.62. The molecule has 4 heteroatoms. The molecule has 0 spiro atoms. The van der Waals surface area contributed by atoms with Gasteiger partial charge in [0.1, 0.15) is 5.75 Å². The third-order valence-electron chi connectivity index (χ3n) is 2.51. The molecule has 0 aliphatic rings. The second kappa shape index (κ2) is 3.90. The lowest BCUT2D eigenvalue weighted by Crippen LogP contribution is -2.06. The Bertz CT molecular complexity index is 476. The van der Waals surface area contributed by atoms with Gasteiger partial charge in [0.05, 0.1) is 16.6 Å². The van der Waals surface area contributed by atoms with Gasteiger partial charge in [-0.25, -0.2) is 0 Å². The molecule has 2 rings (SSSR count). The molecular weight excluding hydrogens is 190 g/mol. The van der Waals surface area contributed by atoms with E-state index in [1.54, 1.807) is 6.07 Å². The number of fused-ring (bicyclic) bond motifs is 1. The molecule has 0 bridgehead atoms. The van der Waals surface area contributed by atoms with Gasteiger partial charge in [-0.2, -0.15) is 5.10 Å². The summed E-state index contributed by atoms with van der Waals surface area (Å²) in [6.07, 6.45) is 0.895. The largest absolute Gasteiger partial charge is 0.507 e. The number of nitrogens with zero attached hydrogens (tertiary/aromatic N) is 2. The van der Waals surface area contributed by atoms with Crippen LogP contribution in [0, 0.1) is 6.92 Å². The molecule has 0 amide bonds. The first-order valence-corrected chi connectivity index (χ1v) is 5.09. The molecular formula is C11H15N3O. The Hall–Kier alpha value is -1.55. The second-order valence-electron chi connectivity index (χ2n) is 3.62. The quantitative estimate of drug-likeness (QED) is 0.796. The number of nitrogens with two attached hydrogens (primary N) is 1. The van der Waals surface area contributed by atoms with Gasteiger partial charge in [0.25, 0.3) is 0 Å². The third-order valence-corrected chi connectivity index (χ3v) is 2.51. The Labute approximate surface area is 88.3 Å². The van der Waals surface area contributed by atoms with Crippen LogP contribution in [0.3, 0.4) is 0 Å². The number of phenolic OH excluding ortho intramolecular Hbond substituents is 1. The molecule has 0 aliphatic heterocycles. The Morgan fingerprint density at radius 2 is 2.27 bits per heavy atom. The molecule has 0 unspecified atom stereocenters. The van der Waals surface area contributed by atoms with Crippen LogP contribution in [0.15, 0.2) is 18.2 Å². The normalized spacial score (nSPS) is 11.1. The molecule has 3 N–H and O–H groups in total. The van der Waals surface area contributed by atoms with Crippen LogP contribution < -0.4 is 5.73 Å². The van der Waals surface area contributed by atoms with E-state index >= 15 is 0 Å². The van der Waals surface area contributed by atoms with E-state index in [0.717, 1.165) is 29.6 Å². The first-order valence-electron chi connectivity index (χ1n) is 5.09. The number of hydrogen-bond donors (Lipinski definition) is 2. The number of aromatic hydroxyl groups is 1. The highest BCUT2D eigenvalue weighted by atomic mass is 16.3. The highest BCUT2D eigenvalue weighted by Gasteiger charge is 2.09. The zero-order valence-corrected chi connectivity index (χ0v) is 8.77. The molecule has 0 aliphatic carbocycles. The summed E-state index contributed by atoms with van der Waals surface area (Å²) in [4.78, 5) is 0. The molecule has 0 saturated carbocycles. The number of hydrogen-bond acceptors (Lipinski definition) is 3. The molecule has 1 aromatic carbocycles. The molecule has 4 nitrogen and oxygen atoms in total. The predicted octanol–water partition coefficient (Wildman–Crippen LogP) is 1.40. The van der Waals surface area contributed by atoms with Crippen molar-refractivity contribution in [1.82, 2.24) is 9.78 Å². The number of rotatable bonds is 3. The van der Waals surface area contributed by atoms with Crippen molar-refractivity contribution < 1.29 is 5.11 Å². The maximum absolute atomic E-state index is 9.71. The van der Waals surface area contributed by atoms with E-state index in [1.807, 2.05) is 23.7 Å². The highest BCUT2D eigenvalue weighted by molar-refractivity contribution is 5.87. The average molecular weight is 205 g/mol. The van der Waals surface area contributed by atoms with Crippen molar-refractivity contribution in [2.45, 2.75) is 19.9 Å². The minimum atomic E-state index is 0.295. The van der Waals surface area contributed by atoms with Crippen LogP contribution in [-0.2, 0) is 6.54 Å². The standard InChI is InChI=1S/C11H15N3O/c1-8-11-9(4-2-5-10(11)15)14(13-8)7-3-6-12/h2,4-5,15H,3,6-7,12H2,1H3. The van der Waals surface area contributed by atoms with Gasteiger partial charge in [0.2, 0.25) is 0 Å². The molecule has 80 valence electrons. The van der Waals surface area contributed by atoms with E-state index in [1.165, 1.54) is 0 Å². The summed E-state index contributed by atoms with van der Waals surface area (Å²) in [5.41, 5.74) is 7.30. The zero-order valence-electron chi connectivity index (χ0n) is 8.77. The van der Waals surface area contributed by atoms with Crippen LogP contribution in [0.25, 0.3) is 10.9 Å². The van der Waals surface area contributed by atoms with E-state index in [2.05, 4.69) is 5.10 Å². The van der Waals surface area contributed by atoms with Crippen LogP contribution in [-0.4, -0.2) is 21.4 Å².